The highest BCUT2D eigenvalue weighted by molar-refractivity contribution is 8.02. The van der Waals surface area contributed by atoms with Gasteiger partial charge in [0.2, 0.25) is 11.4 Å². The average molecular weight is 443 g/mol. The number of nitrogens with zero attached hydrogens (tertiary/aromatic N) is 2. The lowest BCUT2D eigenvalue weighted by molar-refractivity contribution is -0.736. The van der Waals surface area contributed by atoms with Crippen molar-refractivity contribution in [2.24, 2.45) is 5.92 Å². The van der Waals surface area contributed by atoms with Crippen molar-refractivity contribution in [3.8, 4) is 0 Å². The van der Waals surface area contributed by atoms with E-state index in [0.717, 1.165) is 6.42 Å². The van der Waals surface area contributed by atoms with Gasteiger partial charge < -0.3 is 0 Å². The van der Waals surface area contributed by atoms with Gasteiger partial charge in [0.05, 0.1) is 11.2 Å². The highest BCUT2D eigenvalue weighted by Gasteiger charge is 2.53. The van der Waals surface area contributed by atoms with Crippen LogP contribution in [0, 0.1) is 5.92 Å². The van der Waals surface area contributed by atoms with Crippen molar-refractivity contribution in [2.45, 2.75) is 51.4 Å². The van der Waals surface area contributed by atoms with E-state index in [1.165, 1.54) is 33.7 Å². The van der Waals surface area contributed by atoms with Crippen LogP contribution in [-0.2, 0) is 0 Å². The molecular formula is C29H34N2S+2. The second-order valence-corrected chi connectivity index (χ2v) is 9.83. The van der Waals surface area contributed by atoms with Gasteiger partial charge in [-0.15, -0.1) is 11.8 Å². The largest absolute Gasteiger partial charge is 0.212 e. The van der Waals surface area contributed by atoms with Crippen LogP contribution in [0.5, 0.6) is 0 Å². The lowest BCUT2D eigenvalue weighted by Crippen LogP contribution is -2.58. The minimum atomic E-state index is 0.234. The molecule has 0 N–H and O–H groups in total. The molecule has 3 heteroatoms. The number of hydrogen-bond acceptors (Lipinski definition) is 1. The van der Waals surface area contributed by atoms with E-state index >= 15 is 0 Å². The molecule has 0 radical (unpaired) electrons. The summed E-state index contributed by atoms with van der Waals surface area (Å²) < 4.78 is 4.89. The highest BCUT2D eigenvalue weighted by Crippen LogP contribution is 2.52. The molecule has 0 bridgehead atoms. The second-order valence-electron chi connectivity index (χ2n) is 8.48. The molecule has 0 spiro atoms. The summed E-state index contributed by atoms with van der Waals surface area (Å²) in [7, 11) is 0. The monoisotopic (exact) mass is 442 g/mol. The zero-order chi connectivity index (χ0) is 22.8. The third-order valence-electron chi connectivity index (χ3n) is 6.87. The molecule has 2 aromatic heterocycles. The van der Waals surface area contributed by atoms with E-state index in [1.54, 1.807) is 0 Å². The number of fused-ring (bicyclic) bond motifs is 3. The number of allylic oxidation sites excluding steroid dienone is 7. The predicted molar refractivity (Wildman–Crippen MR) is 137 cm³/mol. The van der Waals surface area contributed by atoms with Crippen molar-refractivity contribution >= 4 is 22.9 Å². The first kappa shape index (κ1) is 22.5. The lowest BCUT2D eigenvalue weighted by Gasteiger charge is -2.41. The lowest BCUT2D eigenvalue weighted by atomic mass is 9.66. The van der Waals surface area contributed by atoms with Gasteiger partial charge in [0.1, 0.15) is 0 Å². The van der Waals surface area contributed by atoms with Crippen LogP contribution in [0.1, 0.15) is 57.6 Å². The van der Waals surface area contributed by atoms with Gasteiger partial charge in [-0.3, -0.25) is 0 Å². The number of hydrogen-bond donors (Lipinski definition) is 0. The first-order valence-corrected chi connectivity index (χ1v) is 12.5. The molecule has 1 aliphatic carbocycles. The van der Waals surface area contributed by atoms with Gasteiger partial charge in [0.15, 0.2) is 24.5 Å². The number of pyridine rings is 2. The average Bonchev–Trinajstić information content (AvgIpc) is 2.81. The van der Waals surface area contributed by atoms with Crippen LogP contribution in [0.25, 0.3) is 11.1 Å². The molecule has 3 unspecified atom stereocenters. The third kappa shape index (κ3) is 3.63. The van der Waals surface area contributed by atoms with E-state index in [4.69, 9.17) is 0 Å². The fourth-order valence-corrected chi connectivity index (χ4v) is 6.08. The molecule has 0 aromatic carbocycles. The Hall–Kier alpha value is -2.65. The topological polar surface area (TPSA) is 7.76 Å². The van der Waals surface area contributed by atoms with E-state index in [1.807, 2.05) is 17.2 Å². The van der Waals surface area contributed by atoms with Crippen molar-refractivity contribution in [1.82, 2.24) is 0 Å². The van der Waals surface area contributed by atoms with Gasteiger partial charge in [-0.05, 0) is 56.4 Å². The Bertz CT molecular complexity index is 1140. The smallest absolute Gasteiger partial charge is 0.191 e. The molecule has 2 aromatic rings. The molecule has 0 saturated carbocycles. The van der Waals surface area contributed by atoms with E-state index in [-0.39, 0.29) is 6.04 Å². The normalized spacial score (nSPS) is 23.6. The Labute approximate surface area is 197 Å². The Morgan fingerprint density at radius 3 is 2.56 bits per heavy atom. The van der Waals surface area contributed by atoms with Gasteiger partial charge in [-0.2, -0.15) is 9.13 Å². The van der Waals surface area contributed by atoms with Crippen LogP contribution in [0.3, 0.4) is 0 Å². The standard InChI is InChI=1S/C29H34N2S/c1-7-20(5)25-15-11-14-18-31(25)29(21(6)32-10-4)24-19-27-28(24)23(9-3)22(8-2)26-16-12-13-17-30(26)27/h8-19,21,27-29H,4-5,7H2,1-3,6H3/q+2/b22-8+,23-9+/t21?,27?,28?,29-/m1/s1. The van der Waals surface area contributed by atoms with E-state index in [9.17, 15) is 0 Å². The van der Waals surface area contributed by atoms with Gasteiger partial charge in [-0.1, -0.05) is 32.2 Å². The molecule has 1 aliphatic heterocycles. The first-order chi connectivity index (χ1) is 15.6. The summed E-state index contributed by atoms with van der Waals surface area (Å²) in [6, 6.07) is 13.6. The molecule has 4 rings (SSSR count). The van der Waals surface area contributed by atoms with E-state index in [0.29, 0.717) is 17.2 Å². The van der Waals surface area contributed by atoms with Gasteiger partial charge in [0, 0.05) is 41.0 Å². The van der Waals surface area contributed by atoms with E-state index < -0.39 is 0 Å². The van der Waals surface area contributed by atoms with Crippen molar-refractivity contribution in [3.63, 3.8) is 0 Å². The molecule has 3 heterocycles. The molecule has 2 nitrogen and oxygen atoms in total. The molecule has 32 heavy (non-hydrogen) atoms. The second kappa shape index (κ2) is 9.46. The summed E-state index contributed by atoms with van der Waals surface area (Å²) in [5.41, 5.74) is 7.97. The predicted octanol–water partition coefficient (Wildman–Crippen LogP) is 6.65. The number of aromatic nitrogens is 2. The highest BCUT2D eigenvalue weighted by atomic mass is 32.2. The summed E-state index contributed by atoms with van der Waals surface area (Å²) >= 11 is 1.81. The maximum Gasteiger partial charge on any atom is 0.212 e. The Morgan fingerprint density at radius 2 is 1.88 bits per heavy atom. The fourth-order valence-electron chi connectivity index (χ4n) is 5.34. The molecule has 4 atom stereocenters. The Morgan fingerprint density at radius 1 is 1.12 bits per heavy atom. The summed E-state index contributed by atoms with van der Waals surface area (Å²) in [5.74, 6) is 0.374. The fraction of sp³-hybridized carbons (Fsp3) is 0.310. The Kier molecular flexibility index (Phi) is 6.66. The summed E-state index contributed by atoms with van der Waals surface area (Å²) in [5, 5.41) is 2.33. The minimum absolute atomic E-state index is 0.234. The van der Waals surface area contributed by atoms with Crippen LogP contribution in [0.4, 0.5) is 0 Å². The van der Waals surface area contributed by atoms with Crippen molar-refractivity contribution in [2.75, 3.05) is 0 Å². The van der Waals surface area contributed by atoms with Crippen molar-refractivity contribution in [1.29, 1.82) is 0 Å². The first-order valence-electron chi connectivity index (χ1n) is 11.6. The molecule has 0 saturated heterocycles. The van der Waals surface area contributed by atoms with Crippen LogP contribution < -0.4 is 9.13 Å². The molecular weight excluding hydrogens is 408 g/mol. The van der Waals surface area contributed by atoms with Gasteiger partial charge in [-0.25, -0.2) is 0 Å². The zero-order valence-electron chi connectivity index (χ0n) is 19.7. The van der Waals surface area contributed by atoms with Crippen LogP contribution in [0.15, 0.2) is 96.7 Å². The molecule has 164 valence electrons. The quantitative estimate of drug-likeness (QED) is 0.344. The zero-order valence-corrected chi connectivity index (χ0v) is 20.5. The maximum atomic E-state index is 4.37. The Balaban J connectivity index is 1.89. The van der Waals surface area contributed by atoms with E-state index in [2.05, 4.69) is 117 Å². The van der Waals surface area contributed by atoms with Crippen molar-refractivity contribution in [3.05, 3.63) is 108 Å². The summed E-state index contributed by atoms with van der Waals surface area (Å²) in [4.78, 5) is 0. The number of thioether (sulfide) groups is 1. The minimum Gasteiger partial charge on any atom is -0.191 e. The number of rotatable bonds is 7. The maximum absolute atomic E-state index is 4.37. The van der Waals surface area contributed by atoms with Crippen molar-refractivity contribution < 1.29 is 9.13 Å². The SMILES string of the molecule is C=CSC(C)[C@H](C1=CC2C1C(=C/C)/C(=C\C)c1cccc[n+]12)[n+]1ccccc1C(=C)CC. The molecule has 2 aliphatic rings. The summed E-state index contributed by atoms with van der Waals surface area (Å²) in [6.07, 6.45) is 12.5. The summed E-state index contributed by atoms with van der Waals surface area (Å²) in [6.45, 7) is 17.2. The van der Waals surface area contributed by atoms with Crippen LogP contribution in [-0.4, -0.2) is 5.25 Å². The van der Waals surface area contributed by atoms with Crippen LogP contribution in [0.2, 0.25) is 0 Å². The van der Waals surface area contributed by atoms with Gasteiger partial charge in [0.25, 0.3) is 0 Å². The molecule has 0 fully saturated rings. The molecule has 0 amide bonds. The van der Waals surface area contributed by atoms with Gasteiger partial charge >= 0.3 is 0 Å². The van der Waals surface area contributed by atoms with Crippen LogP contribution >= 0.6 is 11.8 Å². The third-order valence-corrected chi connectivity index (χ3v) is 7.75.